The molecular weight excluding hydrogens is 326 g/mol. The van der Waals surface area contributed by atoms with Crippen LogP contribution < -0.4 is 0 Å². The molecule has 23 heavy (non-hydrogen) atoms. The van der Waals surface area contributed by atoms with Crippen molar-refractivity contribution in [3.05, 3.63) is 35.4 Å². The maximum atomic E-state index is 14.1. The van der Waals surface area contributed by atoms with E-state index in [1.54, 1.807) is 0 Å². The van der Waals surface area contributed by atoms with Gasteiger partial charge in [0.1, 0.15) is 11.6 Å². The van der Waals surface area contributed by atoms with Gasteiger partial charge in [0.2, 0.25) is 0 Å². The molecule has 0 bridgehead atoms. The zero-order chi connectivity index (χ0) is 16.6. The first kappa shape index (κ1) is 16.8. The Morgan fingerprint density at radius 2 is 2.04 bits per heavy atom. The molecular formula is C15H20F2N2O3S. The highest BCUT2D eigenvalue weighted by molar-refractivity contribution is 7.86. The molecule has 0 aliphatic carbocycles. The van der Waals surface area contributed by atoms with Crippen molar-refractivity contribution in [1.29, 1.82) is 0 Å². The van der Waals surface area contributed by atoms with Crippen molar-refractivity contribution in [3.8, 4) is 0 Å². The Morgan fingerprint density at radius 1 is 1.26 bits per heavy atom. The first-order valence-electron chi connectivity index (χ1n) is 7.73. The van der Waals surface area contributed by atoms with E-state index in [9.17, 15) is 17.2 Å². The van der Waals surface area contributed by atoms with Gasteiger partial charge >= 0.3 is 0 Å². The number of nitrogens with zero attached hydrogens (tertiary/aromatic N) is 2. The minimum atomic E-state index is -3.72. The molecule has 2 saturated heterocycles. The second-order valence-electron chi connectivity index (χ2n) is 5.98. The predicted molar refractivity (Wildman–Crippen MR) is 80.9 cm³/mol. The van der Waals surface area contributed by atoms with E-state index in [1.165, 1.54) is 8.61 Å². The molecule has 2 heterocycles. The molecule has 3 rings (SSSR count). The topological polar surface area (TPSA) is 49.9 Å². The first-order chi connectivity index (χ1) is 10.9. The third kappa shape index (κ3) is 3.26. The quantitative estimate of drug-likeness (QED) is 0.842. The van der Waals surface area contributed by atoms with Gasteiger partial charge in [0.25, 0.3) is 10.2 Å². The van der Waals surface area contributed by atoms with Crippen molar-refractivity contribution < 1.29 is 21.9 Å². The predicted octanol–water partition coefficient (Wildman–Crippen LogP) is 2.07. The van der Waals surface area contributed by atoms with Crippen LogP contribution in [0, 0.1) is 11.6 Å². The van der Waals surface area contributed by atoms with E-state index in [4.69, 9.17) is 4.74 Å². The minimum Gasteiger partial charge on any atom is -0.376 e. The molecule has 0 aromatic heterocycles. The summed E-state index contributed by atoms with van der Waals surface area (Å²) in [5.74, 6) is -1.14. The number of halogens is 2. The normalized spacial score (nSPS) is 27.4. The molecule has 128 valence electrons. The van der Waals surface area contributed by atoms with Gasteiger partial charge in [0, 0.05) is 25.2 Å². The molecule has 2 aliphatic heterocycles. The van der Waals surface area contributed by atoms with Crippen molar-refractivity contribution >= 4 is 10.2 Å². The lowest BCUT2D eigenvalue weighted by molar-refractivity contribution is 0.00809. The van der Waals surface area contributed by atoms with Crippen LogP contribution in [0.25, 0.3) is 0 Å². The lowest BCUT2D eigenvalue weighted by Crippen LogP contribution is -2.50. The fourth-order valence-electron chi connectivity index (χ4n) is 3.24. The van der Waals surface area contributed by atoms with Gasteiger partial charge in [-0.25, -0.2) is 8.78 Å². The van der Waals surface area contributed by atoms with Gasteiger partial charge in [0.05, 0.1) is 18.8 Å². The third-order valence-corrected chi connectivity index (χ3v) is 6.36. The fourth-order valence-corrected chi connectivity index (χ4v) is 5.14. The number of hydrogen-bond donors (Lipinski definition) is 0. The van der Waals surface area contributed by atoms with Crippen LogP contribution in [-0.4, -0.2) is 49.4 Å². The summed E-state index contributed by atoms with van der Waals surface area (Å²) < 4.78 is 61.4. The zero-order valence-corrected chi connectivity index (χ0v) is 13.7. The molecule has 0 amide bonds. The molecule has 0 radical (unpaired) electrons. The molecule has 2 unspecified atom stereocenters. The Bertz CT molecular complexity index is 683. The van der Waals surface area contributed by atoms with Gasteiger partial charge in [0.15, 0.2) is 0 Å². The highest BCUT2D eigenvalue weighted by Crippen LogP contribution is 2.37. The Hall–Kier alpha value is -1.09. The number of morpholine rings is 1. The van der Waals surface area contributed by atoms with Gasteiger partial charge in [-0.15, -0.1) is 0 Å². The van der Waals surface area contributed by atoms with Crippen LogP contribution in [0.1, 0.15) is 31.4 Å². The minimum absolute atomic E-state index is 0.104. The SMILES string of the molecule is CC1CN(S(=O)(=O)N2CCCC2c2cc(F)ccc2F)CCO1. The summed E-state index contributed by atoms with van der Waals surface area (Å²) in [5, 5.41) is 0. The standard InChI is InChI=1S/C15H20F2N2O3S/c1-11-10-18(7-8-22-11)23(20,21)19-6-2-3-15(19)13-9-12(16)4-5-14(13)17/h4-5,9,11,15H,2-3,6-8,10H2,1H3. The Balaban J connectivity index is 1.90. The summed E-state index contributed by atoms with van der Waals surface area (Å²) in [6, 6.07) is 2.52. The van der Waals surface area contributed by atoms with Crippen LogP contribution in [-0.2, 0) is 14.9 Å². The average Bonchev–Trinajstić information content (AvgIpc) is 3.00. The Morgan fingerprint density at radius 3 is 2.78 bits per heavy atom. The molecule has 2 atom stereocenters. The number of rotatable bonds is 3. The molecule has 1 aromatic carbocycles. The second kappa shape index (κ2) is 6.43. The van der Waals surface area contributed by atoms with Gasteiger partial charge in [-0.05, 0) is 38.0 Å². The first-order valence-corrected chi connectivity index (χ1v) is 9.13. The van der Waals surface area contributed by atoms with E-state index in [0.717, 1.165) is 18.2 Å². The molecule has 2 aliphatic rings. The molecule has 2 fully saturated rings. The average molecular weight is 346 g/mol. The molecule has 5 nitrogen and oxygen atoms in total. The van der Waals surface area contributed by atoms with Crippen LogP contribution in [0.3, 0.4) is 0 Å². The van der Waals surface area contributed by atoms with Gasteiger partial charge in [-0.1, -0.05) is 0 Å². The summed E-state index contributed by atoms with van der Waals surface area (Å²) >= 11 is 0. The maximum Gasteiger partial charge on any atom is 0.282 e. The van der Waals surface area contributed by atoms with E-state index >= 15 is 0 Å². The molecule has 8 heteroatoms. The molecule has 0 N–H and O–H groups in total. The Kier molecular flexibility index (Phi) is 4.68. The van der Waals surface area contributed by atoms with Crippen LogP contribution in [0.4, 0.5) is 8.78 Å². The summed E-state index contributed by atoms with van der Waals surface area (Å²) in [7, 11) is -3.72. The van der Waals surface area contributed by atoms with E-state index in [-0.39, 0.29) is 24.8 Å². The monoisotopic (exact) mass is 346 g/mol. The summed E-state index contributed by atoms with van der Waals surface area (Å²) in [5.41, 5.74) is 0.104. The van der Waals surface area contributed by atoms with Gasteiger partial charge in [-0.3, -0.25) is 0 Å². The zero-order valence-electron chi connectivity index (χ0n) is 12.9. The number of hydrogen-bond acceptors (Lipinski definition) is 3. The van der Waals surface area contributed by atoms with Crippen LogP contribution in [0.2, 0.25) is 0 Å². The highest BCUT2D eigenvalue weighted by atomic mass is 32.2. The lowest BCUT2D eigenvalue weighted by Gasteiger charge is -2.35. The number of ether oxygens (including phenoxy) is 1. The summed E-state index contributed by atoms with van der Waals surface area (Å²) in [4.78, 5) is 0. The van der Waals surface area contributed by atoms with E-state index in [1.807, 2.05) is 6.92 Å². The molecule has 1 aromatic rings. The van der Waals surface area contributed by atoms with Gasteiger partial charge in [-0.2, -0.15) is 17.0 Å². The Labute approximate surface area is 135 Å². The van der Waals surface area contributed by atoms with Crippen LogP contribution >= 0.6 is 0 Å². The van der Waals surface area contributed by atoms with E-state index in [0.29, 0.717) is 26.0 Å². The van der Waals surface area contributed by atoms with E-state index < -0.39 is 27.9 Å². The fraction of sp³-hybridized carbons (Fsp3) is 0.600. The summed E-state index contributed by atoms with van der Waals surface area (Å²) in [6.45, 7) is 3.02. The van der Waals surface area contributed by atoms with Crippen molar-refractivity contribution in [3.63, 3.8) is 0 Å². The summed E-state index contributed by atoms with van der Waals surface area (Å²) in [6.07, 6.45) is 0.935. The second-order valence-corrected chi connectivity index (χ2v) is 7.86. The molecule has 0 spiro atoms. The largest absolute Gasteiger partial charge is 0.376 e. The van der Waals surface area contributed by atoms with Crippen molar-refractivity contribution in [2.75, 3.05) is 26.2 Å². The molecule has 0 saturated carbocycles. The smallest absolute Gasteiger partial charge is 0.282 e. The maximum absolute atomic E-state index is 14.1. The van der Waals surface area contributed by atoms with Crippen molar-refractivity contribution in [1.82, 2.24) is 8.61 Å². The van der Waals surface area contributed by atoms with Crippen LogP contribution in [0.15, 0.2) is 18.2 Å². The van der Waals surface area contributed by atoms with Crippen molar-refractivity contribution in [2.45, 2.75) is 31.9 Å². The highest BCUT2D eigenvalue weighted by Gasteiger charge is 2.41. The van der Waals surface area contributed by atoms with E-state index in [2.05, 4.69) is 0 Å². The third-order valence-electron chi connectivity index (χ3n) is 4.35. The number of benzene rings is 1. The van der Waals surface area contributed by atoms with Crippen molar-refractivity contribution in [2.24, 2.45) is 0 Å². The van der Waals surface area contributed by atoms with Crippen LogP contribution in [0.5, 0.6) is 0 Å². The van der Waals surface area contributed by atoms with Gasteiger partial charge < -0.3 is 4.74 Å². The lowest BCUT2D eigenvalue weighted by atomic mass is 10.0.